The van der Waals surface area contributed by atoms with Crippen molar-refractivity contribution in [2.75, 3.05) is 32.8 Å². The molecule has 2 N–H and O–H groups in total. The van der Waals surface area contributed by atoms with Crippen LogP contribution in [-0.2, 0) is 6.18 Å². The Morgan fingerprint density at radius 3 is 2.48 bits per heavy atom. The molecule has 1 aromatic carbocycles. The zero-order chi connectivity index (χ0) is 16.2. The molecule has 0 amide bonds. The van der Waals surface area contributed by atoms with E-state index in [1.807, 2.05) is 0 Å². The van der Waals surface area contributed by atoms with Crippen LogP contribution < -0.4 is 5.32 Å². The lowest BCUT2D eigenvalue weighted by molar-refractivity contribution is -0.137. The van der Waals surface area contributed by atoms with Gasteiger partial charge in [0.25, 0.3) is 0 Å². The maximum absolute atomic E-state index is 13.0. The van der Waals surface area contributed by atoms with Crippen molar-refractivity contribution in [3.8, 4) is 0 Å². The smallest absolute Gasteiger partial charge is 0.396 e. The number of piperazine rings is 1. The van der Waals surface area contributed by atoms with E-state index in [0.29, 0.717) is 18.4 Å². The second-order valence-corrected chi connectivity index (χ2v) is 5.75. The van der Waals surface area contributed by atoms with Gasteiger partial charge < -0.3 is 10.4 Å². The molecule has 0 aromatic heterocycles. The van der Waals surface area contributed by atoms with Crippen molar-refractivity contribution in [3.05, 3.63) is 34.3 Å². The number of alkyl halides is 3. The zero-order valence-electron chi connectivity index (χ0n) is 12.6. The average molecular weight is 373 g/mol. The summed E-state index contributed by atoms with van der Waals surface area (Å²) < 4.78 is 39.1. The molecule has 1 saturated heterocycles. The van der Waals surface area contributed by atoms with Crippen LogP contribution >= 0.6 is 24.0 Å². The number of rotatable bonds is 5. The van der Waals surface area contributed by atoms with E-state index in [9.17, 15) is 13.2 Å². The minimum Gasteiger partial charge on any atom is -0.396 e. The van der Waals surface area contributed by atoms with Gasteiger partial charge in [0.1, 0.15) is 0 Å². The highest BCUT2D eigenvalue weighted by Crippen LogP contribution is 2.40. The fraction of sp³-hybridized carbons (Fsp3) is 0.600. The van der Waals surface area contributed by atoms with Crippen molar-refractivity contribution in [1.29, 1.82) is 0 Å². The van der Waals surface area contributed by atoms with Gasteiger partial charge in [-0.25, -0.2) is 0 Å². The van der Waals surface area contributed by atoms with Gasteiger partial charge in [-0.3, -0.25) is 4.90 Å². The van der Waals surface area contributed by atoms with Gasteiger partial charge in [-0.15, -0.1) is 12.4 Å². The third-order valence-electron chi connectivity index (χ3n) is 3.92. The van der Waals surface area contributed by atoms with Gasteiger partial charge in [0.15, 0.2) is 0 Å². The summed E-state index contributed by atoms with van der Waals surface area (Å²) in [5.41, 5.74) is -0.303. The lowest BCUT2D eigenvalue weighted by Crippen LogP contribution is -2.45. The van der Waals surface area contributed by atoms with E-state index in [1.165, 1.54) is 6.07 Å². The van der Waals surface area contributed by atoms with Crippen LogP contribution in [-0.4, -0.2) is 42.8 Å². The molecule has 1 fully saturated rings. The molecule has 0 spiro atoms. The topological polar surface area (TPSA) is 35.5 Å². The standard InChI is InChI=1S/C15H20ClF3N2O.ClH/c16-14-11(3-1-4-12(14)15(17,18)19)13(5-2-10-22)21-8-6-20-7-9-21;/h1,3-4,13,20,22H,2,5-10H2;1H/t13-;/m0./s1. The van der Waals surface area contributed by atoms with Crippen LogP contribution in [0.5, 0.6) is 0 Å². The van der Waals surface area contributed by atoms with Crippen molar-refractivity contribution < 1.29 is 18.3 Å². The Morgan fingerprint density at radius 2 is 1.91 bits per heavy atom. The van der Waals surface area contributed by atoms with E-state index in [1.54, 1.807) is 6.07 Å². The van der Waals surface area contributed by atoms with E-state index >= 15 is 0 Å². The molecular formula is C15H21Cl2F3N2O. The number of benzene rings is 1. The number of hydrogen-bond donors (Lipinski definition) is 2. The van der Waals surface area contributed by atoms with Gasteiger partial charge in [0.05, 0.1) is 10.6 Å². The molecule has 1 aromatic rings. The van der Waals surface area contributed by atoms with Gasteiger partial charge in [-0.1, -0.05) is 23.7 Å². The molecule has 1 aliphatic rings. The first kappa shape index (κ1) is 20.5. The minimum absolute atomic E-state index is 0. The first-order valence-electron chi connectivity index (χ1n) is 7.36. The lowest BCUT2D eigenvalue weighted by Gasteiger charge is -2.36. The number of hydrogen-bond acceptors (Lipinski definition) is 3. The lowest BCUT2D eigenvalue weighted by atomic mass is 9.97. The van der Waals surface area contributed by atoms with E-state index in [2.05, 4.69) is 10.2 Å². The molecule has 132 valence electrons. The molecule has 8 heteroatoms. The number of halogens is 5. The van der Waals surface area contributed by atoms with E-state index in [4.69, 9.17) is 16.7 Å². The second-order valence-electron chi connectivity index (χ2n) is 5.37. The molecule has 3 nitrogen and oxygen atoms in total. The highest BCUT2D eigenvalue weighted by molar-refractivity contribution is 6.32. The van der Waals surface area contributed by atoms with Crippen LogP contribution in [0.15, 0.2) is 18.2 Å². The van der Waals surface area contributed by atoms with Crippen molar-refractivity contribution in [1.82, 2.24) is 10.2 Å². The molecule has 1 atom stereocenters. The minimum atomic E-state index is -4.46. The Bertz CT molecular complexity index is 494. The Morgan fingerprint density at radius 1 is 1.26 bits per heavy atom. The normalized spacial score (nSPS) is 17.6. The number of aliphatic hydroxyl groups is 1. The Balaban J connectivity index is 0.00000264. The molecule has 1 aliphatic heterocycles. The Hall–Kier alpha value is -0.530. The highest BCUT2D eigenvalue weighted by Gasteiger charge is 2.35. The van der Waals surface area contributed by atoms with Crippen molar-refractivity contribution in [2.24, 2.45) is 0 Å². The molecule has 0 radical (unpaired) electrons. The molecule has 0 aliphatic carbocycles. The zero-order valence-corrected chi connectivity index (χ0v) is 14.1. The SMILES string of the molecule is Cl.OCCC[C@@H](c1cccc(C(F)(F)F)c1Cl)N1CCNCC1. The van der Waals surface area contributed by atoms with Gasteiger partial charge in [-0.05, 0) is 24.5 Å². The first-order chi connectivity index (χ1) is 10.4. The number of nitrogens with one attached hydrogen (secondary N) is 1. The van der Waals surface area contributed by atoms with Crippen molar-refractivity contribution in [3.63, 3.8) is 0 Å². The largest absolute Gasteiger partial charge is 0.417 e. The summed E-state index contributed by atoms with van der Waals surface area (Å²) in [7, 11) is 0. The van der Waals surface area contributed by atoms with E-state index < -0.39 is 11.7 Å². The summed E-state index contributed by atoms with van der Waals surface area (Å²) >= 11 is 6.06. The summed E-state index contributed by atoms with van der Waals surface area (Å²) in [6, 6.07) is 3.86. The molecule has 0 unspecified atom stereocenters. The average Bonchev–Trinajstić information content (AvgIpc) is 2.49. The van der Waals surface area contributed by atoms with Crippen LogP contribution in [0.2, 0.25) is 5.02 Å². The van der Waals surface area contributed by atoms with Gasteiger partial charge in [0, 0.05) is 38.8 Å². The predicted octanol–water partition coefficient (Wildman–Crippen LogP) is 3.50. The molecule has 2 rings (SSSR count). The number of nitrogens with zero attached hydrogens (tertiary/aromatic N) is 1. The summed E-state index contributed by atoms with van der Waals surface area (Å²) in [5, 5.41) is 12.1. The molecule has 1 heterocycles. The third kappa shape index (κ3) is 5.22. The quantitative estimate of drug-likeness (QED) is 0.830. The van der Waals surface area contributed by atoms with Crippen molar-refractivity contribution in [2.45, 2.75) is 25.1 Å². The fourth-order valence-corrected chi connectivity index (χ4v) is 3.20. The third-order valence-corrected chi connectivity index (χ3v) is 4.34. The van der Waals surface area contributed by atoms with E-state index in [0.717, 1.165) is 32.2 Å². The van der Waals surface area contributed by atoms with Crippen LogP contribution in [0.25, 0.3) is 0 Å². The maximum atomic E-state index is 13.0. The summed E-state index contributed by atoms with van der Waals surface area (Å²) in [6.45, 7) is 3.11. The van der Waals surface area contributed by atoms with Crippen LogP contribution in [0, 0.1) is 0 Å². The van der Waals surface area contributed by atoms with Gasteiger partial charge >= 0.3 is 6.18 Å². The van der Waals surface area contributed by atoms with E-state index in [-0.39, 0.29) is 30.1 Å². The highest BCUT2D eigenvalue weighted by atomic mass is 35.5. The predicted molar refractivity (Wildman–Crippen MR) is 87.2 cm³/mol. The van der Waals surface area contributed by atoms with Crippen LogP contribution in [0.4, 0.5) is 13.2 Å². The van der Waals surface area contributed by atoms with Crippen LogP contribution in [0.1, 0.15) is 30.0 Å². The fourth-order valence-electron chi connectivity index (χ4n) is 2.84. The number of aliphatic hydroxyl groups excluding tert-OH is 1. The second kappa shape index (κ2) is 9.08. The summed E-state index contributed by atoms with van der Waals surface area (Å²) in [5.74, 6) is 0. The molecule has 23 heavy (non-hydrogen) atoms. The molecular weight excluding hydrogens is 352 g/mol. The van der Waals surface area contributed by atoms with Gasteiger partial charge in [0.2, 0.25) is 0 Å². The Labute approximate surface area is 145 Å². The van der Waals surface area contributed by atoms with Crippen LogP contribution in [0.3, 0.4) is 0 Å². The van der Waals surface area contributed by atoms with Gasteiger partial charge in [-0.2, -0.15) is 13.2 Å². The summed E-state index contributed by atoms with van der Waals surface area (Å²) in [4.78, 5) is 2.13. The monoisotopic (exact) mass is 372 g/mol. The Kier molecular flexibility index (Phi) is 8.10. The maximum Gasteiger partial charge on any atom is 0.417 e. The first-order valence-corrected chi connectivity index (χ1v) is 7.74. The molecule has 0 saturated carbocycles. The summed E-state index contributed by atoms with van der Waals surface area (Å²) in [6.07, 6.45) is -3.35. The van der Waals surface area contributed by atoms with Crippen molar-refractivity contribution >= 4 is 24.0 Å². The molecule has 0 bridgehead atoms.